The van der Waals surface area contributed by atoms with Crippen LogP contribution in [0, 0.1) is 0 Å². The highest BCUT2D eigenvalue weighted by molar-refractivity contribution is 9.10. The van der Waals surface area contributed by atoms with Gasteiger partial charge in [0.1, 0.15) is 5.82 Å². The van der Waals surface area contributed by atoms with Crippen LogP contribution >= 0.6 is 27.5 Å². The second-order valence-corrected chi connectivity index (χ2v) is 5.43. The summed E-state index contributed by atoms with van der Waals surface area (Å²) < 4.78 is 3.05. The Hall–Kier alpha value is -0.840. The topological polar surface area (TPSA) is 43.8 Å². The molecule has 96 valence electrons. The van der Waals surface area contributed by atoms with E-state index in [0.29, 0.717) is 11.4 Å². The molecule has 1 heterocycles. The van der Waals surface area contributed by atoms with E-state index in [0.717, 1.165) is 22.4 Å². The molecule has 0 aliphatic carbocycles. The third kappa shape index (κ3) is 2.94. The fourth-order valence-corrected chi connectivity index (χ4v) is 2.74. The summed E-state index contributed by atoms with van der Waals surface area (Å²) in [5.74, 6) is 0.990. The Morgan fingerprint density at radius 2 is 2.28 bits per heavy atom. The average Bonchev–Trinajstić information content (AvgIpc) is 2.76. The summed E-state index contributed by atoms with van der Waals surface area (Å²) in [4.78, 5) is 4.33. The standard InChI is InChI=1S/C13H15BrClN3/c1-2-18-6-5-17-13(18)8-12(16)10-4-3-9(14)7-11(10)15/h3-7,12H,2,8,16H2,1H3. The fraction of sp³-hybridized carbons (Fsp3) is 0.308. The van der Waals surface area contributed by atoms with Gasteiger partial charge in [0.05, 0.1) is 0 Å². The zero-order valence-electron chi connectivity index (χ0n) is 10.1. The van der Waals surface area contributed by atoms with Crippen molar-refractivity contribution in [1.29, 1.82) is 0 Å². The van der Waals surface area contributed by atoms with Crippen LogP contribution in [-0.2, 0) is 13.0 Å². The van der Waals surface area contributed by atoms with E-state index in [1.165, 1.54) is 0 Å². The largest absolute Gasteiger partial charge is 0.335 e. The molecule has 0 aliphatic heterocycles. The first-order valence-electron chi connectivity index (χ1n) is 5.82. The molecule has 3 nitrogen and oxygen atoms in total. The molecule has 0 radical (unpaired) electrons. The zero-order chi connectivity index (χ0) is 13.1. The predicted molar refractivity (Wildman–Crippen MR) is 77.7 cm³/mol. The van der Waals surface area contributed by atoms with Crippen LogP contribution in [0.15, 0.2) is 35.1 Å². The number of nitrogens with two attached hydrogens (primary N) is 1. The van der Waals surface area contributed by atoms with E-state index < -0.39 is 0 Å². The van der Waals surface area contributed by atoms with Gasteiger partial charge < -0.3 is 10.3 Å². The van der Waals surface area contributed by atoms with Crippen LogP contribution < -0.4 is 5.73 Å². The number of aromatic nitrogens is 2. The van der Waals surface area contributed by atoms with Gasteiger partial charge >= 0.3 is 0 Å². The van der Waals surface area contributed by atoms with Gasteiger partial charge in [-0.25, -0.2) is 4.98 Å². The van der Waals surface area contributed by atoms with Crippen molar-refractivity contribution in [2.75, 3.05) is 0 Å². The molecule has 2 aromatic rings. The van der Waals surface area contributed by atoms with Crippen LogP contribution in [0.5, 0.6) is 0 Å². The second-order valence-electron chi connectivity index (χ2n) is 4.11. The van der Waals surface area contributed by atoms with Crippen molar-refractivity contribution in [3.63, 3.8) is 0 Å². The van der Waals surface area contributed by atoms with Crippen LogP contribution in [-0.4, -0.2) is 9.55 Å². The minimum Gasteiger partial charge on any atom is -0.335 e. The molecule has 0 fully saturated rings. The minimum atomic E-state index is -0.140. The molecule has 5 heteroatoms. The molecule has 0 saturated carbocycles. The first-order chi connectivity index (χ1) is 8.61. The quantitative estimate of drug-likeness (QED) is 0.932. The highest BCUT2D eigenvalue weighted by Crippen LogP contribution is 2.27. The van der Waals surface area contributed by atoms with Crippen molar-refractivity contribution in [2.45, 2.75) is 25.9 Å². The van der Waals surface area contributed by atoms with Gasteiger partial charge in [-0.1, -0.05) is 33.6 Å². The van der Waals surface area contributed by atoms with Crippen molar-refractivity contribution >= 4 is 27.5 Å². The summed E-state index contributed by atoms with van der Waals surface area (Å²) in [5, 5.41) is 0.687. The van der Waals surface area contributed by atoms with Gasteiger partial charge in [0.15, 0.2) is 0 Å². The number of benzene rings is 1. The predicted octanol–water partition coefficient (Wildman–Crippen LogP) is 3.56. The lowest BCUT2D eigenvalue weighted by Crippen LogP contribution is -2.16. The molecule has 0 bridgehead atoms. The van der Waals surface area contributed by atoms with E-state index in [1.807, 2.05) is 24.4 Å². The van der Waals surface area contributed by atoms with Gasteiger partial charge in [-0.05, 0) is 24.6 Å². The van der Waals surface area contributed by atoms with E-state index in [4.69, 9.17) is 17.3 Å². The Balaban J connectivity index is 2.19. The molecule has 0 amide bonds. The smallest absolute Gasteiger partial charge is 0.110 e. The maximum atomic E-state index is 6.21. The van der Waals surface area contributed by atoms with E-state index >= 15 is 0 Å². The Bertz CT molecular complexity index is 539. The molecule has 2 rings (SSSR count). The first-order valence-corrected chi connectivity index (χ1v) is 6.99. The number of hydrogen-bond donors (Lipinski definition) is 1. The van der Waals surface area contributed by atoms with Gasteiger partial charge in [0.25, 0.3) is 0 Å². The molecule has 1 aromatic heterocycles. The summed E-state index contributed by atoms with van der Waals surface area (Å²) in [5.41, 5.74) is 7.16. The highest BCUT2D eigenvalue weighted by atomic mass is 79.9. The maximum Gasteiger partial charge on any atom is 0.110 e. The van der Waals surface area contributed by atoms with Crippen molar-refractivity contribution in [2.24, 2.45) is 5.73 Å². The van der Waals surface area contributed by atoms with Crippen LogP contribution in [0.3, 0.4) is 0 Å². The molecule has 1 aromatic carbocycles. The van der Waals surface area contributed by atoms with Crippen molar-refractivity contribution in [1.82, 2.24) is 9.55 Å². The third-order valence-electron chi connectivity index (χ3n) is 2.91. The summed E-state index contributed by atoms with van der Waals surface area (Å²) in [6.45, 7) is 2.99. The van der Waals surface area contributed by atoms with Crippen LogP contribution in [0.1, 0.15) is 24.4 Å². The molecule has 2 N–H and O–H groups in total. The monoisotopic (exact) mass is 327 g/mol. The molecule has 1 atom stereocenters. The van der Waals surface area contributed by atoms with E-state index in [1.54, 1.807) is 6.20 Å². The highest BCUT2D eigenvalue weighted by Gasteiger charge is 2.13. The zero-order valence-corrected chi connectivity index (χ0v) is 12.4. The van der Waals surface area contributed by atoms with Crippen LogP contribution in [0.2, 0.25) is 5.02 Å². The molecule has 18 heavy (non-hydrogen) atoms. The maximum absolute atomic E-state index is 6.21. The van der Waals surface area contributed by atoms with Gasteiger partial charge in [-0.2, -0.15) is 0 Å². The second kappa shape index (κ2) is 5.87. The Morgan fingerprint density at radius 3 is 2.94 bits per heavy atom. The van der Waals surface area contributed by atoms with Crippen molar-refractivity contribution < 1.29 is 0 Å². The van der Waals surface area contributed by atoms with E-state index in [-0.39, 0.29) is 6.04 Å². The lowest BCUT2D eigenvalue weighted by molar-refractivity contribution is 0.628. The lowest BCUT2D eigenvalue weighted by Gasteiger charge is -2.14. The van der Waals surface area contributed by atoms with Crippen LogP contribution in [0.4, 0.5) is 0 Å². The number of rotatable bonds is 4. The number of aryl methyl sites for hydroxylation is 1. The molecule has 1 unspecified atom stereocenters. The number of halogens is 2. The summed E-state index contributed by atoms with van der Waals surface area (Å²) >= 11 is 9.59. The van der Waals surface area contributed by atoms with Crippen LogP contribution in [0.25, 0.3) is 0 Å². The Labute approximate surface area is 120 Å². The van der Waals surface area contributed by atoms with Gasteiger partial charge in [0.2, 0.25) is 0 Å². The van der Waals surface area contributed by atoms with Gasteiger partial charge in [-0.15, -0.1) is 0 Å². The van der Waals surface area contributed by atoms with Crippen molar-refractivity contribution in [3.05, 3.63) is 51.5 Å². The van der Waals surface area contributed by atoms with E-state index in [2.05, 4.69) is 32.4 Å². The number of nitrogens with zero attached hydrogens (tertiary/aromatic N) is 2. The Kier molecular flexibility index (Phi) is 4.43. The molecular weight excluding hydrogens is 314 g/mol. The molecular formula is C13H15BrClN3. The first kappa shape index (κ1) is 13.6. The number of imidazole rings is 1. The normalized spacial score (nSPS) is 12.7. The van der Waals surface area contributed by atoms with Crippen molar-refractivity contribution in [3.8, 4) is 0 Å². The molecule has 0 spiro atoms. The summed E-state index contributed by atoms with van der Waals surface area (Å²) in [7, 11) is 0. The summed E-state index contributed by atoms with van der Waals surface area (Å²) in [6, 6.07) is 5.63. The van der Waals surface area contributed by atoms with E-state index in [9.17, 15) is 0 Å². The summed E-state index contributed by atoms with van der Waals surface area (Å²) in [6.07, 6.45) is 4.45. The molecule has 0 saturated heterocycles. The Morgan fingerprint density at radius 1 is 1.50 bits per heavy atom. The van der Waals surface area contributed by atoms with Gasteiger partial charge in [0, 0.05) is 40.9 Å². The fourth-order valence-electron chi connectivity index (χ4n) is 1.93. The molecule has 0 aliphatic rings. The average molecular weight is 329 g/mol. The van der Waals surface area contributed by atoms with Gasteiger partial charge in [-0.3, -0.25) is 0 Å². The lowest BCUT2D eigenvalue weighted by atomic mass is 10.0. The number of hydrogen-bond acceptors (Lipinski definition) is 2. The third-order valence-corrected chi connectivity index (χ3v) is 3.73. The SMILES string of the molecule is CCn1ccnc1CC(N)c1ccc(Br)cc1Cl. The minimum absolute atomic E-state index is 0.140.